The Labute approximate surface area is 123 Å². The van der Waals surface area contributed by atoms with Gasteiger partial charge in [-0.25, -0.2) is 4.79 Å². The molecule has 1 saturated heterocycles. The maximum atomic E-state index is 12.9. The SMILES string of the molecule is CC1(C(=O)O)CCCCN1C(=O)C1COc2ccccc21. The van der Waals surface area contributed by atoms with Gasteiger partial charge >= 0.3 is 5.97 Å². The molecule has 0 aliphatic carbocycles. The van der Waals surface area contributed by atoms with Crippen LogP contribution in [0.25, 0.3) is 0 Å². The maximum Gasteiger partial charge on any atom is 0.329 e. The molecule has 0 saturated carbocycles. The van der Waals surface area contributed by atoms with Crippen LogP contribution in [0.1, 0.15) is 37.7 Å². The number of fused-ring (bicyclic) bond motifs is 1. The summed E-state index contributed by atoms with van der Waals surface area (Å²) < 4.78 is 5.56. The summed E-state index contributed by atoms with van der Waals surface area (Å²) in [6, 6.07) is 7.47. The lowest BCUT2D eigenvalue weighted by Gasteiger charge is -2.42. The van der Waals surface area contributed by atoms with E-state index in [0.717, 1.165) is 24.2 Å². The van der Waals surface area contributed by atoms with Crippen molar-refractivity contribution in [3.8, 4) is 5.75 Å². The largest absolute Gasteiger partial charge is 0.492 e. The molecular weight excluding hydrogens is 270 g/mol. The highest BCUT2D eigenvalue weighted by Gasteiger charge is 2.46. The molecule has 5 nitrogen and oxygen atoms in total. The number of aliphatic carboxylic acids is 1. The molecule has 1 aromatic carbocycles. The monoisotopic (exact) mass is 289 g/mol. The van der Waals surface area contributed by atoms with Crippen LogP contribution in [0.5, 0.6) is 5.75 Å². The molecule has 0 aromatic heterocycles. The van der Waals surface area contributed by atoms with Gasteiger partial charge in [-0.3, -0.25) is 4.79 Å². The third-order valence-electron chi connectivity index (χ3n) is 4.62. The van der Waals surface area contributed by atoms with E-state index < -0.39 is 17.4 Å². The molecule has 3 rings (SSSR count). The standard InChI is InChI=1S/C16H19NO4/c1-16(15(19)20)8-4-5-9-17(16)14(18)12-10-21-13-7-3-2-6-11(12)13/h2-3,6-7,12H,4-5,8-10H2,1H3,(H,19,20). The summed E-state index contributed by atoms with van der Waals surface area (Å²) in [6.07, 6.45) is 2.19. The van der Waals surface area contributed by atoms with E-state index in [9.17, 15) is 14.7 Å². The van der Waals surface area contributed by atoms with Crippen LogP contribution < -0.4 is 4.74 Å². The van der Waals surface area contributed by atoms with Gasteiger partial charge in [-0.05, 0) is 32.3 Å². The van der Waals surface area contributed by atoms with Gasteiger partial charge in [0.05, 0.1) is 0 Å². The first kappa shape index (κ1) is 13.9. The van der Waals surface area contributed by atoms with E-state index in [-0.39, 0.29) is 5.91 Å². The van der Waals surface area contributed by atoms with Gasteiger partial charge in [0.2, 0.25) is 5.91 Å². The number of amides is 1. The number of carbonyl (C=O) groups is 2. The third-order valence-corrected chi connectivity index (χ3v) is 4.62. The number of rotatable bonds is 2. The molecule has 21 heavy (non-hydrogen) atoms. The fourth-order valence-electron chi connectivity index (χ4n) is 3.25. The zero-order chi connectivity index (χ0) is 15.0. The van der Waals surface area contributed by atoms with E-state index in [1.165, 1.54) is 4.90 Å². The van der Waals surface area contributed by atoms with Crippen molar-refractivity contribution in [1.29, 1.82) is 0 Å². The van der Waals surface area contributed by atoms with Crippen molar-refractivity contribution in [3.05, 3.63) is 29.8 Å². The summed E-state index contributed by atoms with van der Waals surface area (Å²) in [5.74, 6) is -0.727. The second-order valence-corrected chi connectivity index (χ2v) is 5.93. The molecule has 1 fully saturated rings. The molecule has 2 aliphatic heterocycles. The lowest BCUT2D eigenvalue weighted by atomic mass is 9.86. The molecule has 112 valence electrons. The summed E-state index contributed by atoms with van der Waals surface area (Å²) in [6.45, 7) is 2.44. The Kier molecular flexibility index (Phi) is 3.35. The van der Waals surface area contributed by atoms with Crippen molar-refractivity contribution in [2.75, 3.05) is 13.2 Å². The average Bonchev–Trinajstić information content (AvgIpc) is 2.91. The molecule has 2 unspecified atom stereocenters. The number of carbonyl (C=O) groups excluding carboxylic acids is 1. The predicted molar refractivity (Wildman–Crippen MR) is 76.3 cm³/mol. The Hall–Kier alpha value is -2.04. The van der Waals surface area contributed by atoms with E-state index in [2.05, 4.69) is 0 Å². The number of ether oxygens (including phenoxy) is 1. The van der Waals surface area contributed by atoms with Gasteiger partial charge in [-0.15, -0.1) is 0 Å². The van der Waals surface area contributed by atoms with E-state index in [1.807, 2.05) is 24.3 Å². The van der Waals surface area contributed by atoms with E-state index in [0.29, 0.717) is 19.6 Å². The minimum absolute atomic E-state index is 0.135. The summed E-state index contributed by atoms with van der Waals surface area (Å²) in [5, 5.41) is 9.53. The first-order valence-corrected chi connectivity index (χ1v) is 7.30. The van der Waals surface area contributed by atoms with Crippen LogP contribution in [-0.4, -0.2) is 40.6 Å². The molecule has 2 atom stereocenters. The number of hydrogen-bond acceptors (Lipinski definition) is 3. The quantitative estimate of drug-likeness (QED) is 0.904. The van der Waals surface area contributed by atoms with Gasteiger partial charge in [-0.1, -0.05) is 18.2 Å². The van der Waals surface area contributed by atoms with Crippen LogP contribution in [0.2, 0.25) is 0 Å². The van der Waals surface area contributed by atoms with Crippen molar-refractivity contribution in [1.82, 2.24) is 4.90 Å². The summed E-state index contributed by atoms with van der Waals surface area (Å²) >= 11 is 0. The molecule has 0 radical (unpaired) electrons. The fourth-order valence-corrected chi connectivity index (χ4v) is 3.25. The van der Waals surface area contributed by atoms with Gasteiger partial charge in [0.25, 0.3) is 0 Å². The van der Waals surface area contributed by atoms with E-state index >= 15 is 0 Å². The Balaban J connectivity index is 1.90. The van der Waals surface area contributed by atoms with Crippen LogP contribution in [0.15, 0.2) is 24.3 Å². The minimum Gasteiger partial charge on any atom is -0.492 e. The number of hydrogen-bond donors (Lipinski definition) is 1. The summed E-state index contributed by atoms with van der Waals surface area (Å²) in [5.41, 5.74) is -0.242. The van der Waals surface area contributed by atoms with Gasteiger partial charge in [0.1, 0.15) is 23.8 Å². The van der Waals surface area contributed by atoms with Crippen LogP contribution in [0, 0.1) is 0 Å². The van der Waals surface area contributed by atoms with Gasteiger partial charge in [0, 0.05) is 12.1 Å². The number of carboxylic acids is 1. The van der Waals surface area contributed by atoms with Crippen LogP contribution >= 0.6 is 0 Å². The van der Waals surface area contributed by atoms with Crippen LogP contribution in [0.3, 0.4) is 0 Å². The minimum atomic E-state index is -1.10. The van der Waals surface area contributed by atoms with Crippen molar-refractivity contribution in [2.45, 2.75) is 37.6 Å². The highest BCUT2D eigenvalue weighted by molar-refractivity contribution is 5.91. The Morgan fingerprint density at radius 1 is 1.33 bits per heavy atom. The maximum absolute atomic E-state index is 12.9. The Morgan fingerprint density at radius 2 is 2.10 bits per heavy atom. The number of carboxylic acid groups (broad SMARTS) is 1. The van der Waals surface area contributed by atoms with Crippen molar-refractivity contribution < 1.29 is 19.4 Å². The van der Waals surface area contributed by atoms with Crippen molar-refractivity contribution in [3.63, 3.8) is 0 Å². The number of likely N-dealkylation sites (tertiary alicyclic amines) is 1. The van der Waals surface area contributed by atoms with E-state index in [1.54, 1.807) is 6.92 Å². The van der Waals surface area contributed by atoms with Crippen LogP contribution in [0.4, 0.5) is 0 Å². The second-order valence-electron chi connectivity index (χ2n) is 5.93. The normalized spacial score (nSPS) is 27.9. The molecule has 2 heterocycles. The topological polar surface area (TPSA) is 66.8 Å². The Bertz CT molecular complexity index is 585. The fraction of sp³-hybridized carbons (Fsp3) is 0.500. The molecule has 2 aliphatic rings. The van der Waals surface area contributed by atoms with Crippen molar-refractivity contribution in [2.24, 2.45) is 0 Å². The van der Waals surface area contributed by atoms with E-state index in [4.69, 9.17) is 4.74 Å². The Morgan fingerprint density at radius 3 is 2.86 bits per heavy atom. The molecule has 5 heteroatoms. The molecule has 1 amide bonds. The summed E-state index contributed by atoms with van der Waals surface area (Å²) in [4.78, 5) is 26.0. The highest BCUT2D eigenvalue weighted by Crippen LogP contribution is 2.38. The molecule has 1 aromatic rings. The summed E-state index contributed by atoms with van der Waals surface area (Å²) in [7, 11) is 0. The average molecular weight is 289 g/mol. The first-order chi connectivity index (χ1) is 10.0. The first-order valence-electron chi connectivity index (χ1n) is 7.30. The smallest absolute Gasteiger partial charge is 0.329 e. The molecule has 0 bridgehead atoms. The zero-order valence-electron chi connectivity index (χ0n) is 12.0. The van der Waals surface area contributed by atoms with Gasteiger partial charge in [0.15, 0.2) is 0 Å². The zero-order valence-corrected chi connectivity index (χ0v) is 12.0. The lowest BCUT2D eigenvalue weighted by molar-refractivity contribution is -0.161. The number of benzene rings is 1. The molecule has 0 spiro atoms. The molecule has 1 N–H and O–H groups in total. The molecular formula is C16H19NO4. The predicted octanol–water partition coefficient (Wildman–Crippen LogP) is 2.02. The number of para-hydroxylation sites is 1. The van der Waals surface area contributed by atoms with Crippen LogP contribution in [-0.2, 0) is 9.59 Å². The van der Waals surface area contributed by atoms with Gasteiger partial charge < -0.3 is 14.7 Å². The lowest BCUT2D eigenvalue weighted by Crippen LogP contribution is -2.58. The van der Waals surface area contributed by atoms with Crippen molar-refractivity contribution >= 4 is 11.9 Å². The van der Waals surface area contributed by atoms with Gasteiger partial charge in [-0.2, -0.15) is 0 Å². The number of nitrogens with zero attached hydrogens (tertiary/aromatic N) is 1. The third kappa shape index (κ3) is 2.17. The highest BCUT2D eigenvalue weighted by atomic mass is 16.5. The number of piperidine rings is 1. The second kappa shape index (κ2) is 5.06.